The Morgan fingerprint density at radius 2 is 1.85 bits per heavy atom. The van der Waals surface area contributed by atoms with E-state index in [4.69, 9.17) is 4.42 Å². The quantitative estimate of drug-likeness (QED) is 0.476. The molecule has 0 saturated carbocycles. The zero-order valence-corrected chi connectivity index (χ0v) is 15.4. The van der Waals surface area contributed by atoms with E-state index in [9.17, 15) is 0 Å². The Labute approximate surface area is 156 Å². The van der Waals surface area contributed by atoms with Gasteiger partial charge < -0.3 is 4.42 Å². The molecule has 0 unspecified atom stereocenters. The minimum absolute atomic E-state index is 0.541. The summed E-state index contributed by atoms with van der Waals surface area (Å²) < 4.78 is 7.88. The maximum absolute atomic E-state index is 5.78. The monoisotopic (exact) mass is 362 g/mol. The second-order valence-electron chi connectivity index (χ2n) is 5.95. The third-order valence-electron chi connectivity index (χ3n) is 4.25. The number of hydrogen-bond donors (Lipinski definition) is 0. The van der Waals surface area contributed by atoms with Crippen LogP contribution in [0.2, 0.25) is 0 Å². The van der Waals surface area contributed by atoms with Gasteiger partial charge in [-0.1, -0.05) is 42.1 Å². The van der Waals surface area contributed by atoms with Gasteiger partial charge in [-0.05, 0) is 43.2 Å². The van der Waals surface area contributed by atoms with E-state index in [1.807, 2.05) is 42.7 Å². The molecule has 4 rings (SSSR count). The van der Waals surface area contributed by atoms with Crippen LogP contribution in [0.3, 0.4) is 0 Å². The lowest BCUT2D eigenvalue weighted by Gasteiger charge is -2.11. The van der Waals surface area contributed by atoms with Crippen molar-refractivity contribution in [1.29, 1.82) is 0 Å². The Morgan fingerprint density at radius 1 is 1.00 bits per heavy atom. The molecule has 2 aromatic carbocycles. The van der Waals surface area contributed by atoms with Gasteiger partial charge in [0.2, 0.25) is 11.8 Å². The van der Waals surface area contributed by atoms with Crippen molar-refractivity contribution in [3.05, 3.63) is 77.9 Å². The highest BCUT2D eigenvalue weighted by Gasteiger charge is 2.12. The lowest BCUT2D eigenvalue weighted by atomic mass is 10.1. The maximum atomic E-state index is 5.78. The molecule has 2 heterocycles. The zero-order chi connectivity index (χ0) is 17.9. The third kappa shape index (κ3) is 3.28. The standard InChI is InChI=1S/C20H18N4OS/c1-14-7-6-10-17(15(14)2)24-12-11-21-20(24)26-13-18-22-23-19(25-18)16-8-4-3-5-9-16/h3-12H,13H2,1-2H3. The second-order valence-corrected chi connectivity index (χ2v) is 6.90. The zero-order valence-electron chi connectivity index (χ0n) is 14.6. The van der Waals surface area contributed by atoms with E-state index in [0.717, 1.165) is 16.4 Å². The maximum Gasteiger partial charge on any atom is 0.247 e. The SMILES string of the molecule is Cc1cccc(-n2ccnc2SCc2nnc(-c3ccccc3)o2)c1C. The van der Waals surface area contributed by atoms with Crippen LogP contribution in [-0.2, 0) is 5.75 Å². The predicted molar refractivity (Wildman–Crippen MR) is 102 cm³/mol. The second kappa shape index (κ2) is 7.17. The van der Waals surface area contributed by atoms with E-state index in [2.05, 4.69) is 51.8 Å². The molecule has 0 amide bonds. The minimum atomic E-state index is 0.541. The van der Waals surface area contributed by atoms with E-state index in [0.29, 0.717) is 17.5 Å². The van der Waals surface area contributed by atoms with Crippen molar-refractivity contribution in [2.45, 2.75) is 24.8 Å². The van der Waals surface area contributed by atoms with Crippen molar-refractivity contribution in [2.75, 3.05) is 0 Å². The van der Waals surface area contributed by atoms with Crippen molar-refractivity contribution in [2.24, 2.45) is 0 Å². The number of nitrogens with zero attached hydrogens (tertiary/aromatic N) is 4. The summed E-state index contributed by atoms with van der Waals surface area (Å²) in [5.41, 5.74) is 4.57. The summed E-state index contributed by atoms with van der Waals surface area (Å²) in [5, 5.41) is 9.19. The first-order valence-corrected chi connectivity index (χ1v) is 9.31. The Balaban J connectivity index is 1.53. The molecule has 26 heavy (non-hydrogen) atoms. The average Bonchev–Trinajstić information content (AvgIpc) is 3.32. The van der Waals surface area contributed by atoms with Crippen molar-refractivity contribution >= 4 is 11.8 Å². The van der Waals surface area contributed by atoms with Gasteiger partial charge in [-0.3, -0.25) is 4.57 Å². The van der Waals surface area contributed by atoms with E-state index >= 15 is 0 Å². The highest BCUT2D eigenvalue weighted by atomic mass is 32.2. The summed E-state index contributed by atoms with van der Waals surface area (Å²) in [6.45, 7) is 4.25. The molecule has 0 N–H and O–H groups in total. The van der Waals surface area contributed by atoms with Gasteiger partial charge in [-0.25, -0.2) is 4.98 Å². The lowest BCUT2D eigenvalue weighted by molar-refractivity contribution is 0.528. The van der Waals surface area contributed by atoms with Gasteiger partial charge in [0.15, 0.2) is 5.16 Å². The molecule has 0 radical (unpaired) electrons. The Hall–Kier alpha value is -2.86. The molecular weight excluding hydrogens is 344 g/mol. The minimum Gasteiger partial charge on any atom is -0.420 e. The fraction of sp³-hybridized carbons (Fsp3) is 0.150. The molecular formula is C20H18N4OS. The van der Waals surface area contributed by atoms with Crippen LogP contribution in [0.15, 0.2) is 70.5 Å². The molecule has 0 spiro atoms. The Bertz CT molecular complexity index is 1020. The first kappa shape index (κ1) is 16.6. The van der Waals surface area contributed by atoms with Gasteiger partial charge in [0, 0.05) is 18.0 Å². The van der Waals surface area contributed by atoms with Gasteiger partial charge in [-0.15, -0.1) is 10.2 Å². The van der Waals surface area contributed by atoms with E-state index < -0.39 is 0 Å². The van der Waals surface area contributed by atoms with Crippen LogP contribution in [0.4, 0.5) is 0 Å². The molecule has 4 aromatic rings. The summed E-state index contributed by atoms with van der Waals surface area (Å²) in [6, 6.07) is 16.1. The summed E-state index contributed by atoms with van der Waals surface area (Å²) in [7, 11) is 0. The Morgan fingerprint density at radius 3 is 2.69 bits per heavy atom. The normalized spacial score (nSPS) is 11.0. The number of thioether (sulfide) groups is 1. The summed E-state index contributed by atoms with van der Waals surface area (Å²) in [6.07, 6.45) is 3.79. The number of rotatable bonds is 5. The van der Waals surface area contributed by atoms with Crippen LogP contribution in [0.1, 0.15) is 17.0 Å². The van der Waals surface area contributed by atoms with Crippen LogP contribution in [-0.4, -0.2) is 19.7 Å². The molecule has 0 aliphatic heterocycles. The Kier molecular flexibility index (Phi) is 4.58. The van der Waals surface area contributed by atoms with Gasteiger partial charge >= 0.3 is 0 Å². The van der Waals surface area contributed by atoms with Crippen molar-refractivity contribution in [1.82, 2.24) is 19.7 Å². The molecule has 0 bridgehead atoms. The molecule has 5 nitrogen and oxygen atoms in total. The summed E-state index contributed by atoms with van der Waals surface area (Å²) >= 11 is 1.58. The van der Waals surface area contributed by atoms with Crippen molar-refractivity contribution in [3.8, 4) is 17.1 Å². The molecule has 6 heteroatoms. The smallest absolute Gasteiger partial charge is 0.247 e. The molecule has 0 atom stereocenters. The summed E-state index contributed by atoms with van der Waals surface area (Å²) in [4.78, 5) is 4.48. The number of aromatic nitrogens is 4. The molecule has 0 aliphatic carbocycles. The fourth-order valence-corrected chi connectivity index (χ4v) is 3.51. The molecule has 0 fully saturated rings. The predicted octanol–water partition coefficient (Wildman–Crippen LogP) is 4.83. The topological polar surface area (TPSA) is 56.7 Å². The highest BCUT2D eigenvalue weighted by Crippen LogP contribution is 2.27. The first-order valence-electron chi connectivity index (χ1n) is 8.33. The highest BCUT2D eigenvalue weighted by molar-refractivity contribution is 7.98. The third-order valence-corrected chi connectivity index (χ3v) is 5.21. The van der Waals surface area contributed by atoms with Crippen LogP contribution in [0.5, 0.6) is 0 Å². The molecule has 2 aromatic heterocycles. The molecule has 0 aliphatic rings. The number of imidazole rings is 1. The number of benzene rings is 2. The van der Waals surface area contributed by atoms with Crippen LogP contribution in [0, 0.1) is 13.8 Å². The fourth-order valence-electron chi connectivity index (χ4n) is 2.71. The van der Waals surface area contributed by atoms with E-state index in [-0.39, 0.29) is 0 Å². The van der Waals surface area contributed by atoms with Crippen LogP contribution >= 0.6 is 11.8 Å². The van der Waals surface area contributed by atoms with Crippen LogP contribution in [0.25, 0.3) is 17.1 Å². The van der Waals surface area contributed by atoms with Crippen molar-refractivity contribution < 1.29 is 4.42 Å². The summed E-state index contributed by atoms with van der Waals surface area (Å²) in [5.74, 6) is 1.70. The number of aryl methyl sites for hydroxylation is 1. The van der Waals surface area contributed by atoms with E-state index in [1.165, 1.54) is 11.1 Å². The molecule has 130 valence electrons. The van der Waals surface area contributed by atoms with Crippen molar-refractivity contribution in [3.63, 3.8) is 0 Å². The van der Waals surface area contributed by atoms with E-state index in [1.54, 1.807) is 11.8 Å². The first-order chi connectivity index (χ1) is 12.7. The van der Waals surface area contributed by atoms with Gasteiger partial charge in [-0.2, -0.15) is 0 Å². The van der Waals surface area contributed by atoms with Gasteiger partial charge in [0.05, 0.1) is 11.4 Å². The van der Waals surface area contributed by atoms with Gasteiger partial charge in [0.1, 0.15) is 0 Å². The van der Waals surface area contributed by atoms with Crippen LogP contribution < -0.4 is 0 Å². The lowest BCUT2D eigenvalue weighted by Crippen LogP contribution is -1.99. The largest absolute Gasteiger partial charge is 0.420 e. The van der Waals surface area contributed by atoms with Gasteiger partial charge in [0.25, 0.3) is 0 Å². The molecule has 0 saturated heterocycles. The number of hydrogen-bond acceptors (Lipinski definition) is 5. The average molecular weight is 362 g/mol.